The number of carbonyl (C=O) groups excluding carboxylic acids is 1. The second kappa shape index (κ2) is 16.2. The van der Waals surface area contributed by atoms with Gasteiger partial charge in [-0.1, -0.05) is 100.0 Å². The van der Waals surface area contributed by atoms with E-state index in [4.69, 9.17) is 27.8 Å². The predicted octanol–water partition coefficient (Wildman–Crippen LogP) is 7.45. The average Bonchev–Trinajstić information content (AvgIpc) is 3.33. The molecule has 5 atom stereocenters. The Labute approximate surface area is 307 Å². The first-order chi connectivity index (χ1) is 24.8. The van der Waals surface area contributed by atoms with Gasteiger partial charge in [0.25, 0.3) is 0 Å². The van der Waals surface area contributed by atoms with Crippen LogP contribution in [0.25, 0.3) is 11.1 Å². The average molecular weight is 754 g/mol. The minimum absolute atomic E-state index is 0.0107. The number of hydrogen-bond acceptors (Lipinski definition) is 10. The van der Waals surface area contributed by atoms with Crippen molar-refractivity contribution < 1.29 is 47.0 Å². The molecule has 0 radical (unpaired) electrons. The topological polar surface area (TPSA) is 142 Å². The van der Waals surface area contributed by atoms with Crippen LogP contribution < -0.4 is 5.32 Å². The SMILES string of the molecule is CCCCOCC1O[C@@H](CC(C)(C)[Si](C)(C)O)[C@@H](NC(=O)OCC2c3ccccc3-c3ccccc32)C(O)[C@@H]1OP1(=O)OCc2ccccc2CO1. The van der Waals surface area contributed by atoms with Gasteiger partial charge in [-0.3, -0.25) is 13.6 Å². The van der Waals surface area contributed by atoms with Gasteiger partial charge in [-0.25, -0.2) is 9.36 Å². The number of carbonyl (C=O) groups is 1. The fourth-order valence-corrected chi connectivity index (χ4v) is 9.06. The summed E-state index contributed by atoms with van der Waals surface area (Å²) in [4.78, 5) is 24.9. The third-order valence-corrected chi connectivity index (χ3v) is 15.8. The molecule has 0 saturated carbocycles. The Kier molecular flexibility index (Phi) is 12.1. The highest BCUT2D eigenvalue weighted by Crippen LogP contribution is 2.55. The van der Waals surface area contributed by atoms with Gasteiger partial charge in [-0.2, -0.15) is 0 Å². The van der Waals surface area contributed by atoms with Crippen LogP contribution in [0.15, 0.2) is 72.8 Å². The second-order valence-electron chi connectivity index (χ2n) is 15.1. The number of phosphoric acid groups is 1. The van der Waals surface area contributed by atoms with Crippen LogP contribution in [0.3, 0.4) is 0 Å². The zero-order valence-corrected chi connectivity index (χ0v) is 32.6. The molecule has 282 valence electrons. The molecule has 2 unspecified atom stereocenters. The van der Waals surface area contributed by atoms with Gasteiger partial charge in [0.15, 0.2) is 8.32 Å². The van der Waals surface area contributed by atoms with E-state index in [1.807, 2.05) is 87.6 Å². The fraction of sp³-hybridized carbons (Fsp3) is 0.513. The highest BCUT2D eigenvalue weighted by atomic mass is 31.2. The quantitative estimate of drug-likeness (QED) is 0.0916. The van der Waals surface area contributed by atoms with Gasteiger partial charge in [-0.05, 0) is 64.4 Å². The Bertz CT molecular complexity index is 1670. The highest BCUT2D eigenvalue weighted by Gasteiger charge is 2.53. The van der Waals surface area contributed by atoms with Crippen molar-refractivity contribution in [2.45, 2.75) is 108 Å². The summed E-state index contributed by atoms with van der Waals surface area (Å²) in [6.45, 7) is 10.2. The van der Waals surface area contributed by atoms with E-state index in [0.29, 0.717) is 13.0 Å². The van der Waals surface area contributed by atoms with E-state index in [1.165, 1.54) is 0 Å². The summed E-state index contributed by atoms with van der Waals surface area (Å²) in [6, 6.07) is 22.5. The number of phosphoric ester groups is 1. The number of alkyl carbamates (subject to hydrolysis) is 1. The molecule has 3 N–H and O–H groups in total. The summed E-state index contributed by atoms with van der Waals surface area (Å²) in [6.07, 6.45) is -3.12. The first-order valence-corrected chi connectivity index (χ1v) is 22.6. The molecule has 2 aliphatic heterocycles. The van der Waals surface area contributed by atoms with Crippen molar-refractivity contribution in [3.05, 3.63) is 95.1 Å². The number of fused-ring (bicyclic) bond motifs is 4. The van der Waals surface area contributed by atoms with Crippen molar-refractivity contribution in [1.82, 2.24) is 5.32 Å². The molecule has 3 aromatic carbocycles. The van der Waals surface area contributed by atoms with Crippen LogP contribution in [0, 0.1) is 0 Å². The lowest BCUT2D eigenvalue weighted by Gasteiger charge is -2.48. The Morgan fingerprint density at radius 3 is 2.08 bits per heavy atom. The normalized spacial score (nSPS) is 24.3. The second-order valence-corrected chi connectivity index (χ2v) is 21.2. The molecule has 3 aliphatic rings. The first kappa shape index (κ1) is 38.8. The van der Waals surface area contributed by atoms with Gasteiger partial charge in [0, 0.05) is 12.5 Å². The summed E-state index contributed by atoms with van der Waals surface area (Å²) in [7, 11) is -7.01. The first-order valence-electron chi connectivity index (χ1n) is 18.2. The third-order valence-electron chi connectivity index (χ3n) is 10.9. The zero-order valence-electron chi connectivity index (χ0n) is 30.7. The molecule has 52 heavy (non-hydrogen) atoms. The summed E-state index contributed by atoms with van der Waals surface area (Å²) in [5, 5.41) is 14.4. The minimum atomic E-state index is -4.24. The number of aliphatic hydroxyl groups excluding tert-OH is 1. The number of nitrogens with one attached hydrogen (secondary N) is 1. The van der Waals surface area contributed by atoms with Crippen molar-refractivity contribution in [2.24, 2.45) is 0 Å². The third kappa shape index (κ3) is 8.56. The lowest BCUT2D eigenvalue weighted by atomic mass is 9.88. The molecule has 13 heteroatoms. The standard InChI is InChI=1S/C39H52NO10PSi/c1-6-7-20-45-25-34-37(50-51(43)47-22-26-14-8-9-15-27(26)23-48-51)36(41)35(33(49-34)21-39(2,3)52(4,5)44)40-38(42)46-24-32-30-18-12-10-16-28(30)29-17-11-13-19-31(29)32/h8-19,32-37,41,44H,6-7,20-25H2,1-5H3,(H,40,42)/t33-,34?,35+,36?,37+/m0/s1. The molecule has 0 bridgehead atoms. The number of hydrogen-bond donors (Lipinski definition) is 3. The van der Waals surface area contributed by atoms with Gasteiger partial charge < -0.3 is 29.4 Å². The number of unbranched alkanes of at least 4 members (excludes halogenated alkanes) is 1. The molecule has 3 aromatic rings. The van der Waals surface area contributed by atoms with Crippen LogP contribution in [-0.2, 0) is 45.6 Å². The van der Waals surface area contributed by atoms with E-state index in [-0.39, 0.29) is 32.3 Å². The number of amides is 1. The van der Waals surface area contributed by atoms with Crippen molar-refractivity contribution in [1.29, 1.82) is 0 Å². The number of benzene rings is 3. The van der Waals surface area contributed by atoms with Crippen LogP contribution in [0.1, 0.15) is 68.2 Å². The van der Waals surface area contributed by atoms with E-state index in [9.17, 15) is 19.3 Å². The van der Waals surface area contributed by atoms with Crippen LogP contribution >= 0.6 is 7.82 Å². The summed E-state index contributed by atoms with van der Waals surface area (Å²) >= 11 is 0. The molecule has 11 nitrogen and oxygen atoms in total. The Balaban J connectivity index is 1.24. The largest absolute Gasteiger partial charge is 0.475 e. The van der Waals surface area contributed by atoms with Gasteiger partial charge >= 0.3 is 13.9 Å². The predicted molar refractivity (Wildman–Crippen MR) is 199 cm³/mol. The van der Waals surface area contributed by atoms with Crippen molar-refractivity contribution in [2.75, 3.05) is 19.8 Å². The lowest BCUT2D eigenvalue weighted by molar-refractivity contribution is -0.198. The molecule has 1 saturated heterocycles. The molecular formula is C39H52NO10PSi. The van der Waals surface area contributed by atoms with E-state index in [1.54, 1.807) is 0 Å². The van der Waals surface area contributed by atoms with Crippen molar-refractivity contribution in [3.8, 4) is 11.1 Å². The molecule has 6 rings (SSSR count). The Hall–Kier alpha value is -2.90. The maximum atomic E-state index is 14.1. The lowest BCUT2D eigenvalue weighted by Crippen LogP contribution is -2.65. The molecule has 0 aromatic heterocycles. The van der Waals surface area contributed by atoms with Gasteiger partial charge in [0.1, 0.15) is 24.9 Å². The molecule has 1 aliphatic carbocycles. The van der Waals surface area contributed by atoms with Gasteiger partial charge in [0.05, 0.1) is 32.0 Å². The summed E-state index contributed by atoms with van der Waals surface area (Å²) in [5.74, 6) is -0.166. The monoisotopic (exact) mass is 753 g/mol. The minimum Gasteiger partial charge on any atom is -0.449 e. The zero-order chi connectivity index (χ0) is 37.1. The molecule has 2 heterocycles. The fourth-order valence-electron chi connectivity index (χ4n) is 7.01. The summed E-state index contributed by atoms with van der Waals surface area (Å²) < 4.78 is 50.2. The highest BCUT2D eigenvalue weighted by molar-refractivity contribution is 7.48. The maximum absolute atomic E-state index is 14.1. The van der Waals surface area contributed by atoms with E-state index < -0.39 is 57.7 Å². The van der Waals surface area contributed by atoms with Crippen LogP contribution in [0.4, 0.5) is 4.79 Å². The smallest absolute Gasteiger partial charge is 0.449 e. The van der Waals surface area contributed by atoms with E-state index >= 15 is 0 Å². The molecule has 1 fully saturated rings. The Morgan fingerprint density at radius 1 is 0.923 bits per heavy atom. The number of ether oxygens (including phenoxy) is 3. The molecule has 1 amide bonds. The summed E-state index contributed by atoms with van der Waals surface area (Å²) in [5.41, 5.74) is 5.99. The van der Waals surface area contributed by atoms with Crippen LogP contribution in [0.2, 0.25) is 18.1 Å². The number of rotatable bonds is 13. The van der Waals surface area contributed by atoms with Crippen LogP contribution in [0.5, 0.6) is 0 Å². The van der Waals surface area contributed by atoms with Crippen molar-refractivity contribution >= 4 is 22.2 Å². The molecule has 0 spiro atoms. The number of aliphatic hydroxyl groups is 1. The van der Waals surface area contributed by atoms with Crippen molar-refractivity contribution in [3.63, 3.8) is 0 Å². The maximum Gasteiger partial charge on any atom is 0.475 e. The van der Waals surface area contributed by atoms with E-state index in [2.05, 4.69) is 24.4 Å². The Morgan fingerprint density at radius 2 is 1.50 bits per heavy atom. The van der Waals surface area contributed by atoms with Gasteiger partial charge in [-0.15, -0.1) is 0 Å². The molecular weight excluding hydrogens is 701 g/mol. The van der Waals surface area contributed by atoms with E-state index in [0.717, 1.165) is 46.2 Å². The van der Waals surface area contributed by atoms with Gasteiger partial charge in [0.2, 0.25) is 0 Å². The van der Waals surface area contributed by atoms with Crippen LogP contribution in [-0.4, -0.2) is 74.6 Å².